The number of hydrogen-bond acceptors (Lipinski definition) is 8. The van der Waals surface area contributed by atoms with Gasteiger partial charge in [-0.05, 0) is 61.2 Å². The van der Waals surface area contributed by atoms with E-state index in [1.54, 1.807) is 62.6 Å². The van der Waals surface area contributed by atoms with Crippen LogP contribution in [0.15, 0.2) is 78.9 Å². The molecule has 1 aliphatic heterocycles. The maximum Gasteiger partial charge on any atom is 0.408 e. The smallest absolute Gasteiger partial charge is 0.408 e. The Balaban J connectivity index is 1.46. The summed E-state index contributed by atoms with van der Waals surface area (Å²) in [4.78, 5) is 52.6. The molecule has 1 aliphatic rings. The van der Waals surface area contributed by atoms with E-state index in [-0.39, 0.29) is 37.6 Å². The highest BCUT2D eigenvalue weighted by Crippen LogP contribution is 2.29. The Bertz CT molecular complexity index is 1440. The fourth-order valence-corrected chi connectivity index (χ4v) is 4.48. The number of benzene rings is 3. The van der Waals surface area contributed by atoms with E-state index in [1.807, 2.05) is 18.2 Å². The number of methoxy groups -OCH3 is 1. The number of nitrogens with one attached hydrogen (secondary N) is 3. The third-order valence-electron chi connectivity index (χ3n) is 7.28. The number of rotatable bonds is 14. The fourth-order valence-electron chi connectivity index (χ4n) is 4.48. The van der Waals surface area contributed by atoms with E-state index >= 15 is 0 Å². The fraction of sp³-hybridized carbons (Fsp3) is 0.333. The molecule has 0 unspecified atom stereocenters. The van der Waals surface area contributed by atoms with E-state index in [0.717, 1.165) is 11.1 Å². The van der Waals surface area contributed by atoms with Crippen LogP contribution in [0.25, 0.3) is 0 Å². The number of carbonyl (C=O) groups is 4. The number of epoxide rings is 1. The number of Topliss-reactive ketones (excluding diaryl/α,β-unsaturated/α-hetero) is 1. The van der Waals surface area contributed by atoms with Gasteiger partial charge in [-0.25, -0.2) is 4.79 Å². The Morgan fingerprint density at radius 1 is 0.818 bits per heavy atom. The van der Waals surface area contributed by atoms with Crippen molar-refractivity contribution in [1.82, 2.24) is 16.0 Å². The maximum absolute atomic E-state index is 13.7. The number of phenols is 1. The van der Waals surface area contributed by atoms with Crippen LogP contribution in [0.3, 0.4) is 0 Å². The first kappa shape index (κ1) is 32.0. The molecule has 1 saturated heterocycles. The van der Waals surface area contributed by atoms with Crippen molar-refractivity contribution in [2.45, 2.75) is 57.0 Å². The summed E-state index contributed by atoms with van der Waals surface area (Å²) in [6.45, 7) is 3.40. The minimum Gasteiger partial charge on any atom is -0.508 e. The van der Waals surface area contributed by atoms with Gasteiger partial charge < -0.3 is 35.3 Å². The summed E-state index contributed by atoms with van der Waals surface area (Å²) in [5, 5.41) is 17.7. The molecule has 0 aromatic heterocycles. The van der Waals surface area contributed by atoms with Crippen LogP contribution in [-0.4, -0.2) is 66.2 Å². The van der Waals surface area contributed by atoms with E-state index in [4.69, 9.17) is 14.2 Å². The number of amides is 3. The first-order valence-corrected chi connectivity index (χ1v) is 14.2. The van der Waals surface area contributed by atoms with Crippen LogP contribution in [0, 0.1) is 0 Å². The van der Waals surface area contributed by atoms with Gasteiger partial charge in [0.2, 0.25) is 11.8 Å². The van der Waals surface area contributed by atoms with Crippen LogP contribution in [-0.2, 0) is 43.3 Å². The predicted molar refractivity (Wildman–Crippen MR) is 161 cm³/mol. The van der Waals surface area contributed by atoms with Gasteiger partial charge in [0.05, 0.1) is 19.8 Å². The second-order valence-corrected chi connectivity index (χ2v) is 10.9. The van der Waals surface area contributed by atoms with Crippen molar-refractivity contribution in [2.75, 3.05) is 13.7 Å². The van der Waals surface area contributed by atoms with Crippen LogP contribution in [0.2, 0.25) is 0 Å². The molecule has 3 aromatic carbocycles. The Morgan fingerprint density at radius 3 is 1.98 bits per heavy atom. The lowest BCUT2D eigenvalue weighted by atomic mass is 9.94. The average molecular weight is 604 g/mol. The number of ketones is 1. The van der Waals surface area contributed by atoms with Gasteiger partial charge in [-0.15, -0.1) is 0 Å². The Hall–Kier alpha value is -4.90. The van der Waals surface area contributed by atoms with Crippen molar-refractivity contribution in [3.05, 3.63) is 95.6 Å². The molecule has 1 heterocycles. The molecule has 11 nitrogen and oxygen atoms in total. The van der Waals surface area contributed by atoms with E-state index in [9.17, 15) is 24.3 Å². The van der Waals surface area contributed by atoms with Gasteiger partial charge in [0.1, 0.15) is 35.8 Å². The molecular weight excluding hydrogens is 566 g/mol. The molecule has 0 saturated carbocycles. The standard InChI is InChI=1S/C33H37N3O8/c1-21(34-32(41)43-19-24-7-5-4-6-8-24)30(39)36-28(18-23-11-15-26(42-3)16-12-23)31(40)35-27(29(38)33(2)20-44-33)17-22-9-13-25(37)14-10-22/h4-16,21,27-28,37H,17-20H2,1-3H3,(H,34,41)(H,35,40)(H,36,39)/t21-,27+,28+,33-/m1/s1. The highest BCUT2D eigenvalue weighted by Gasteiger charge is 2.50. The largest absolute Gasteiger partial charge is 0.508 e. The Morgan fingerprint density at radius 2 is 1.39 bits per heavy atom. The lowest BCUT2D eigenvalue weighted by Gasteiger charge is -2.25. The summed E-state index contributed by atoms with van der Waals surface area (Å²) in [7, 11) is 1.54. The monoisotopic (exact) mass is 603 g/mol. The normalized spacial score (nSPS) is 17.3. The molecule has 0 aliphatic carbocycles. The first-order valence-electron chi connectivity index (χ1n) is 14.2. The molecule has 232 valence electrons. The number of carbonyl (C=O) groups excluding carboxylic acids is 4. The number of alkyl carbamates (subject to hydrolysis) is 1. The summed E-state index contributed by atoms with van der Waals surface area (Å²) in [6.07, 6.45) is -0.538. The zero-order valence-electron chi connectivity index (χ0n) is 24.9. The molecule has 44 heavy (non-hydrogen) atoms. The molecule has 4 rings (SSSR count). The SMILES string of the molecule is COc1ccc(C[C@H](NC(=O)[C@@H](C)NC(=O)OCc2ccccc2)C(=O)N[C@@H](Cc2ccc(O)cc2)C(=O)[C@@]2(C)CO2)cc1. The highest BCUT2D eigenvalue weighted by atomic mass is 16.6. The van der Waals surface area contributed by atoms with E-state index in [0.29, 0.717) is 11.3 Å². The van der Waals surface area contributed by atoms with Crippen molar-refractivity contribution in [1.29, 1.82) is 0 Å². The second kappa shape index (κ2) is 14.5. The van der Waals surface area contributed by atoms with Crippen molar-refractivity contribution < 1.29 is 38.5 Å². The van der Waals surface area contributed by atoms with Gasteiger partial charge in [-0.2, -0.15) is 0 Å². The van der Waals surface area contributed by atoms with E-state index in [1.165, 1.54) is 19.1 Å². The van der Waals surface area contributed by atoms with Gasteiger partial charge in [0.15, 0.2) is 5.78 Å². The molecule has 4 atom stereocenters. The zero-order chi connectivity index (χ0) is 31.7. The highest BCUT2D eigenvalue weighted by molar-refractivity contribution is 5.98. The van der Waals surface area contributed by atoms with Crippen LogP contribution < -0.4 is 20.7 Å². The molecule has 3 amide bonds. The number of phenolic OH excluding ortho intramolecular Hbond substituents is 1. The lowest BCUT2D eigenvalue weighted by Crippen LogP contribution is -2.57. The quantitative estimate of drug-likeness (QED) is 0.205. The van der Waals surface area contributed by atoms with Crippen LogP contribution in [0.1, 0.15) is 30.5 Å². The molecule has 0 radical (unpaired) electrons. The zero-order valence-corrected chi connectivity index (χ0v) is 24.9. The number of aromatic hydroxyl groups is 1. The Labute approximate surface area is 255 Å². The lowest BCUT2D eigenvalue weighted by molar-refractivity contribution is -0.133. The number of ether oxygens (including phenoxy) is 3. The number of hydrogen-bond donors (Lipinski definition) is 4. The summed E-state index contributed by atoms with van der Waals surface area (Å²) in [6, 6.07) is 19.4. The van der Waals surface area contributed by atoms with Gasteiger partial charge in [0, 0.05) is 6.42 Å². The minimum atomic E-state index is -1.09. The van der Waals surface area contributed by atoms with E-state index in [2.05, 4.69) is 16.0 Å². The third kappa shape index (κ3) is 9.05. The maximum atomic E-state index is 13.7. The molecule has 3 aromatic rings. The predicted octanol–water partition coefficient (Wildman–Crippen LogP) is 2.83. The van der Waals surface area contributed by atoms with Crippen LogP contribution in [0.5, 0.6) is 11.5 Å². The molecular formula is C33H37N3O8. The molecule has 0 spiro atoms. The summed E-state index contributed by atoms with van der Waals surface area (Å²) in [5.41, 5.74) is 1.22. The van der Waals surface area contributed by atoms with Gasteiger partial charge in [-0.1, -0.05) is 54.6 Å². The molecule has 1 fully saturated rings. The Kier molecular flexibility index (Phi) is 10.6. The summed E-state index contributed by atoms with van der Waals surface area (Å²) < 4.78 is 15.8. The van der Waals surface area contributed by atoms with Crippen molar-refractivity contribution in [3.63, 3.8) is 0 Å². The topological polar surface area (TPSA) is 156 Å². The second-order valence-electron chi connectivity index (χ2n) is 10.9. The van der Waals surface area contributed by atoms with Crippen molar-refractivity contribution >= 4 is 23.7 Å². The van der Waals surface area contributed by atoms with Gasteiger partial charge in [-0.3, -0.25) is 14.4 Å². The molecule has 4 N–H and O–H groups in total. The molecule has 0 bridgehead atoms. The third-order valence-corrected chi connectivity index (χ3v) is 7.28. The van der Waals surface area contributed by atoms with Crippen molar-refractivity contribution in [3.8, 4) is 11.5 Å². The van der Waals surface area contributed by atoms with Gasteiger partial charge >= 0.3 is 6.09 Å². The average Bonchev–Trinajstić information content (AvgIpc) is 3.79. The minimum absolute atomic E-state index is 0.0304. The van der Waals surface area contributed by atoms with Crippen LogP contribution >= 0.6 is 0 Å². The van der Waals surface area contributed by atoms with E-state index < -0.39 is 41.6 Å². The van der Waals surface area contributed by atoms with Gasteiger partial charge in [0.25, 0.3) is 0 Å². The van der Waals surface area contributed by atoms with Crippen LogP contribution in [0.4, 0.5) is 4.79 Å². The first-order chi connectivity index (χ1) is 21.1. The van der Waals surface area contributed by atoms with Crippen molar-refractivity contribution in [2.24, 2.45) is 0 Å². The summed E-state index contributed by atoms with van der Waals surface area (Å²) >= 11 is 0. The molecule has 11 heteroatoms. The summed E-state index contributed by atoms with van der Waals surface area (Å²) in [5.74, 6) is -0.803.